The number of urea groups is 1. The lowest BCUT2D eigenvalue weighted by atomic mass is 10.1. The topological polar surface area (TPSA) is 93.7 Å². The molecule has 3 amide bonds. The molecule has 7 heteroatoms. The summed E-state index contributed by atoms with van der Waals surface area (Å²) in [5, 5.41) is 4.94. The van der Waals surface area contributed by atoms with Gasteiger partial charge in [-0.1, -0.05) is 25.0 Å². The lowest BCUT2D eigenvalue weighted by molar-refractivity contribution is -0.156. The Labute approximate surface area is 153 Å². The number of imide groups is 1. The summed E-state index contributed by atoms with van der Waals surface area (Å²) >= 11 is 0. The Kier molecular flexibility index (Phi) is 7.00. The van der Waals surface area contributed by atoms with Gasteiger partial charge in [-0.05, 0) is 50.8 Å². The summed E-state index contributed by atoms with van der Waals surface area (Å²) < 4.78 is 10.5. The lowest BCUT2D eigenvalue weighted by Gasteiger charge is -2.16. The van der Waals surface area contributed by atoms with Gasteiger partial charge >= 0.3 is 12.0 Å². The summed E-state index contributed by atoms with van der Waals surface area (Å²) in [6.45, 7) is 4.95. The Bertz CT molecular complexity index is 668. The van der Waals surface area contributed by atoms with E-state index >= 15 is 0 Å². The van der Waals surface area contributed by atoms with Crippen molar-refractivity contribution >= 4 is 17.9 Å². The van der Waals surface area contributed by atoms with Crippen LogP contribution in [-0.4, -0.2) is 36.7 Å². The minimum atomic E-state index is -1.08. The minimum absolute atomic E-state index is 0.103. The second-order valence-electron chi connectivity index (χ2n) is 6.56. The average Bonchev–Trinajstić information content (AvgIpc) is 3.08. The van der Waals surface area contributed by atoms with E-state index in [1.165, 1.54) is 6.92 Å². The highest BCUT2D eigenvalue weighted by Crippen LogP contribution is 2.20. The van der Waals surface area contributed by atoms with Crippen LogP contribution in [-0.2, 0) is 14.3 Å². The highest BCUT2D eigenvalue weighted by atomic mass is 16.6. The summed E-state index contributed by atoms with van der Waals surface area (Å²) in [5.41, 5.74) is 1.99. The predicted octanol–water partition coefficient (Wildman–Crippen LogP) is 2.38. The third-order valence-electron chi connectivity index (χ3n) is 4.51. The van der Waals surface area contributed by atoms with Gasteiger partial charge in [0.1, 0.15) is 5.75 Å². The fourth-order valence-corrected chi connectivity index (χ4v) is 2.81. The van der Waals surface area contributed by atoms with E-state index in [2.05, 4.69) is 10.6 Å². The van der Waals surface area contributed by atoms with Crippen LogP contribution in [0.25, 0.3) is 0 Å². The number of benzene rings is 1. The number of carbonyl (C=O) groups excluding carboxylic acids is 3. The average molecular weight is 362 g/mol. The monoisotopic (exact) mass is 362 g/mol. The van der Waals surface area contributed by atoms with E-state index in [9.17, 15) is 14.4 Å². The molecule has 1 fully saturated rings. The van der Waals surface area contributed by atoms with Gasteiger partial charge in [0.25, 0.3) is 5.91 Å². The summed E-state index contributed by atoms with van der Waals surface area (Å²) in [5.74, 6) is -0.750. The van der Waals surface area contributed by atoms with Crippen LogP contribution in [0, 0.1) is 13.8 Å². The molecule has 1 atom stereocenters. The van der Waals surface area contributed by atoms with Crippen LogP contribution in [0.1, 0.15) is 43.7 Å². The fourth-order valence-electron chi connectivity index (χ4n) is 2.81. The third-order valence-corrected chi connectivity index (χ3v) is 4.51. The second-order valence-corrected chi connectivity index (χ2v) is 6.56. The first-order valence-corrected chi connectivity index (χ1v) is 8.86. The molecular formula is C19H26N2O5. The molecule has 2 rings (SSSR count). The predicted molar refractivity (Wildman–Crippen MR) is 95.9 cm³/mol. The largest absolute Gasteiger partial charge is 0.482 e. The van der Waals surface area contributed by atoms with Gasteiger partial charge in [0, 0.05) is 6.04 Å². The van der Waals surface area contributed by atoms with E-state index in [0.717, 1.165) is 36.8 Å². The smallest absolute Gasteiger partial charge is 0.344 e. The summed E-state index contributed by atoms with van der Waals surface area (Å²) in [6.07, 6.45) is 2.91. The zero-order chi connectivity index (χ0) is 19.1. The maximum Gasteiger partial charge on any atom is 0.344 e. The van der Waals surface area contributed by atoms with Gasteiger partial charge in [-0.25, -0.2) is 9.59 Å². The summed E-state index contributed by atoms with van der Waals surface area (Å²) in [6, 6.07) is 5.09. The van der Waals surface area contributed by atoms with Crippen LogP contribution in [0.5, 0.6) is 5.75 Å². The van der Waals surface area contributed by atoms with Gasteiger partial charge < -0.3 is 14.8 Å². The van der Waals surface area contributed by atoms with Gasteiger partial charge in [0.15, 0.2) is 12.7 Å². The zero-order valence-electron chi connectivity index (χ0n) is 15.5. The van der Waals surface area contributed by atoms with Crippen LogP contribution in [0.15, 0.2) is 18.2 Å². The Morgan fingerprint density at radius 2 is 1.88 bits per heavy atom. The van der Waals surface area contributed by atoms with E-state index in [-0.39, 0.29) is 12.6 Å². The molecule has 0 unspecified atom stereocenters. The van der Waals surface area contributed by atoms with Crippen molar-refractivity contribution in [2.45, 2.75) is 58.6 Å². The maximum atomic E-state index is 11.9. The van der Waals surface area contributed by atoms with Crippen LogP contribution in [0.4, 0.5) is 4.79 Å². The number of ether oxygens (including phenoxy) is 2. The van der Waals surface area contributed by atoms with Gasteiger partial charge in [0.05, 0.1) is 0 Å². The van der Waals surface area contributed by atoms with Crippen molar-refractivity contribution in [3.8, 4) is 5.75 Å². The highest BCUT2D eigenvalue weighted by molar-refractivity contribution is 5.97. The molecule has 1 aliphatic carbocycles. The normalized spacial score (nSPS) is 15.2. The van der Waals surface area contributed by atoms with Gasteiger partial charge in [-0.2, -0.15) is 0 Å². The van der Waals surface area contributed by atoms with E-state index in [1.54, 1.807) is 6.07 Å². The number of carbonyl (C=O) groups is 3. The quantitative estimate of drug-likeness (QED) is 0.758. The number of nitrogens with one attached hydrogen (secondary N) is 2. The highest BCUT2D eigenvalue weighted by Gasteiger charge is 2.22. The first kappa shape index (κ1) is 19.8. The number of aryl methyl sites for hydroxylation is 1. The van der Waals surface area contributed by atoms with E-state index in [0.29, 0.717) is 5.75 Å². The van der Waals surface area contributed by atoms with E-state index in [1.807, 2.05) is 26.0 Å². The van der Waals surface area contributed by atoms with Gasteiger partial charge in [-0.15, -0.1) is 0 Å². The van der Waals surface area contributed by atoms with Crippen molar-refractivity contribution in [1.29, 1.82) is 0 Å². The molecule has 0 spiro atoms. The van der Waals surface area contributed by atoms with Crippen LogP contribution in [0.3, 0.4) is 0 Å². The summed E-state index contributed by atoms with van der Waals surface area (Å²) in [4.78, 5) is 35.6. The van der Waals surface area contributed by atoms with Crippen molar-refractivity contribution in [2.75, 3.05) is 6.61 Å². The fraction of sp³-hybridized carbons (Fsp3) is 0.526. The van der Waals surface area contributed by atoms with Gasteiger partial charge in [0.2, 0.25) is 0 Å². The van der Waals surface area contributed by atoms with Gasteiger partial charge in [-0.3, -0.25) is 10.1 Å². The van der Waals surface area contributed by atoms with Crippen molar-refractivity contribution in [1.82, 2.24) is 10.6 Å². The van der Waals surface area contributed by atoms with Crippen LogP contribution < -0.4 is 15.4 Å². The first-order chi connectivity index (χ1) is 12.4. The van der Waals surface area contributed by atoms with Crippen molar-refractivity contribution in [3.63, 3.8) is 0 Å². The molecule has 1 aromatic carbocycles. The zero-order valence-corrected chi connectivity index (χ0v) is 15.5. The van der Waals surface area contributed by atoms with Crippen molar-refractivity contribution in [2.24, 2.45) is 0 Å². The maximum absolute atomic E-state index is 11.9. The minimum Gasteiger partial charge on any atom is -0.482 e. The number of amides is 3. The Morgan fingerprint density at radius 3 is 2.58 bits per heavy atom. The van der Waals surface area contributed by atoms with Crippen molar-refractivity contribution in [3.05, 3.63) is 29.3 Å². The molecule has 0 saturated heterocycles. The molecule has 0 radical (unpaired) electrons. The van der Waals surface area contributed by atoms with E-state index < -0.39 is 24.0 Å². The molecule has 142 valence electrons. The Balaban J connectivity index is 1.74. The molecule has 0 aromatic heterocycles. The second kappa shape index (κ2) is 9.22. The van der Waals surface area contributed by atoms with E-state index in [4.69, 9.17) is 9.47 Å². The van der Waals surface area contributed by atoms with Crippen LogP contribution in [0.2, 0.25) is 0 Å². The number of hydrogen-bond acceptors (Lipinski definition) is 5. The number of esters is 1. The molecule has 1 aromatic rings. The standard InChI is InChI=1S/C19H26N2O5/c1-12-7-6-10-16(13(12)2)25-11-17(22)26-14(3)18(23)21-19(24)20-15-8-4-5-9-15/h6-7,10,14-15H,4-5,8-9,11H2,1-3H3,(H2,20,21,23,24)/t14-/m1/s1. The molecule has 0 aliphatic heterocycles. The Hall–Kier alpha value is -2.57. The molecule has 1 saturated carbocycles. The first-order valence-electron chi connectivity index (χ1n) is 8.86. The third kappa shape index (κ3) is 5.75. The lowest BCUT2D eigenvalue weighted by Crippen LogP contribution is -2.47. The number of rotatable bonds is 6. The SMILES string of the molecule is Cc1cccc(OCC(=O)O[C@H](C)C(=O)NC(=O)NC2CCCC2)c1C. The Morgan fingerprint density at radius 1 is 1.19 bits per heavy atom. The molecule has 26 heavy (non-hydrogen) atoms. The number of hydrogen-bond donors (Lipinski definition) is 2. The molecule has 2 N–H and O–H groups in total. The molecule has 1 aliphatic rings. The molecule has 7 nitrogen and oxygen atoms in total. The van der Waals surface area contributed by atoms with Crippen molar-refractivity contribution < 1.29 is 23.9 Å². The molecule has 0 bridgehead atoms. The van der Waals surface area contributed by atoms with Crippen LogP contribution >= 0.6 is 0 Å². The summed E-state index contributed by atoms with van der Waals surface area (Å²) in [7, 11) is 0. The molecule has 0 heterocycles. The molecular weight excluding hydrogens is 336 g/mol.